The predicted molar refractivity (Wildman–Crippen MR) is 95.2 cm³/mol. The first-order chi connectivity index (χ1) is 12.4. The number of nitrogens with two attached hydrogens (primary N) is 2. The number of anilines is 3. The van der Waals surface area contributed by atoms with Crippen LogP contribution in [0.15, 0.2) is 21.6 Å². The summed E-state index contributed by atoms with van der Waals surface area (Å²) in [6.45, 7) is 0. The Hall–Kier alpha value is -3.57. The first-order valence-electron chi connectivity index (χ1n) is 7.04. The summed E-state index contributed by atoms with van der Waals surface area (Å²) in [5, 5.41) is 33.4. The Morgan fingerprint density at radius 1 is 1.31 bits per heavy atom. The molecule has 0 spiro atoms. The van der Waals surface area contributed by atoms with E-state index in [4.69, 9.17) is 16.7 Å². The Bertz CT molecular complexity index is 1020. The second kappa shape index (κ2) is 6.38. The van der Waals surface area contributed by atoms with Crippen LogP contribution in [0, 0.1) is 28.6 Å². The quantitative estimate of drug-likeness (QED) is 0.345. The molecule has 1 aliphatic rings. The van der Waals surface area contributed by atoms with Gasteiger partial charge in [0.15, 0.2) is 6.19 Å². The molecule has 1 aromatic carbocycles. The van der Waals surface area contributed by atoms with E-state index in [1.165, 1.54) is 0 Å². The molecule has 1 unspecified atom stereocenters. The Balaban J connectivity index is 2.33. The zero-order valence-corrected chi connectivity index (χ0v) is 14.5. The summed E-state index contributed by atoms with van der Waals surface area (Å²) in [6.07, 6.45) is 1.71. The number of phenols is 1. The van der Waals surface area contributed by atoms with Gasteiger partial charge in [-0.25, -0.2) is 14.4 Å². The number of nitriles is 2. The average Bonchev–Trinajstić information content (AvgIpc) is 2.54. The van der Waals surface area contributed by atoms with E-state index in [-0.39, 0.29) is 50.2 Å². The smallest absolute Gasteiger partial charge is 0.211 e. The number of guanidine groups is 1. The van der Waals surface area contributed by atoms with Crippen molar-refractivity contribution in [2.75, 3.05) is 16.8 Å². The SMILES string of the molecule is N#CNC1=NC(c2c(O)cc(F)cc2Br)c2c(nc(N)c(C#N)c2N)N1. The standard InChI is InChI=1S/C15H10BrFN8O/c16-7-1-5(17)2-8(26)9(7)12-10-11(20)6(3-18)13(21)24-14(10)25-15(23-12)22-4-19/h1-2,12,26H,(H6,20,21,22,23,24,25). The third-order valence-electron chi connectivity index (χ3n) is 3.70. The van der Waals surface area contributed by atoms with Crippen LogP contribution >= 0.6 is 15.9 Å². The predicted octanol–water partition coefficient (Wildman–Crippen LogP) is 1.67. The fourth-order valence-corrected chi connectivity index (χ4v) is 3.27. The zero-order valence-electron chi connectivity index (χ0n) is 12.9. The van der Waals surface area contributed by atoms with Crippen molar-refractivity contribution in [2.45, 2.75) is 6.04 Å². The Kier molecular flexibility index (Phi) is 4.24. The van der Waals surface area contributed by atoms with Crippen LogP contribution < -0.4 is 22.1 Å². The monoisotopic (exact) mass is 416 g/mol. The van der Waals surface area contributed by atoms with Crippen molar-refractivity contribution in [1.29, 1.82) is 10.5 Å². The number of hydrogen-bond donors (Lipinski definition) is 5. The molecule has 1 aromatic heterocycles. The van der Waals surface area contributed by atoms with Crippen LogP contribution in [0.2, 0.25) is 0 Å². The van der Waals surface area contributed by atoms with Gasteiger partial charge in [0.25, 0.3) is 0 Å². The van der Waals surface area contributed by atoms with Crippen molar-refractivity contribution < 1.29 is 9.50 Å². The van der Waals surface area contributed by atoms with Gasteiger partial charge >= 0.3 is 0 Å². The molecule has 7 N–H and O–H groups in total. The fourth-order valence-electron chi connectivity index (χ4n) is 2.63. The molecule has 0 aliphatic carbocycles. The Morgan fingerprint density at radius 3 is 2.65 bits per heavy atom. The highest BCUT2D eigenvalue weighted by atomic mass is 79.9. The fraction of sp³-hybridized carbons (Fsp3) is 0.0667. The van der Waals surface area contributed by atoms with Gasteiger partial charge < -0.3 is 21.9 Å². The molecule has 0 saturated carbocycles. The van der Waals surface area contributed by atoms with E-state index < -0.39 is 11.9 Å². The van der Waals surface area contributed by atoms with Crippen LogP contribution in [0.3, 0.4) is 0 Å². The van der Waals surface area contributed by atoms with Gasteiger partial charge in [0.05, 0.1) is 5.69 Å². The van der Waals surface area contributed by atoms with Gasteiger partial charge in [0.2, 0.25) is 5.96 Å². The molecule has 0 bridgehead atoms. The number of nitrogens with zero attached hydrogens (tertiary/aromatic N) is 4. The largest absolute Gasteiger partial charge is 0.507 e. The molecule has 0 radical (unpaired) electrons. The minimum atomic E-state index is -0.975. The second-order valence-electron chi connectivity index (χ2n) is 5.22. The molecular formula is C15H10BrFN8O. The highest BCUT2D eigenvalue weighted by Gasteiger charge is 2.32. The van der Waals surface area contributed by atoms with Gasteiger partial charge in [-0.1, -0.05) is 15.9 Å². The van der Waals surface area contributed by atoms with E-state index in [2.05, 4.69) is 36.5 Å². The number of nitrogen functional groups attached to an aromatic ring is 2. The molecule has 0 amide bonds. The lowest BCUT2D eigenvalue weighted by Crippen LogP contribution is -2.32. The van der Waals surface area contributed by atoms with Gasteiger partial charge in [-0.2, -0.15) is 10.5 Å². The number of halogens is 2. The molecule has 1 atom stereocenters. The number of benzene rings is 1. The second-order valence-corrected chi connectivity index (χ2v) is 6.08. The van der Waals surface area contributed by atoms with E-state index >= 15 is 0 Å². The molecular weight excluding hydrogens is 407 g/mol. The van der Waals surface area contributed by atoms with E-state index in [1.807, 2.05) is 6.07 Å². The maximum Gasteiger partial charge on any atom is 0.211 e. The van der Waals surface area contributed by atoms with Gasteiger partial charge in [-0.15, -0.1) is 0 Å². The van der Waals surface area contributed by atoms with Crippen LogP contribution in [-0.2, 0) is 0 Å². The number of pyridine rings is 1. The number of aromatic nitrogens is 1. The van der Waals surface area contributed by atoms with Crippen molar-refractivity contribution in [3.8, 4) is 18.0 Å². The highest BCUT2D eigenvalue weighted by Crippen LogP contribution is 2.45. The number of aliphatic imine (C=N–C) groups is 1. The molecule has 9 nitrogen and oxygen atoms in total. The van der Waals surface area contributed by atoms with Gasteiger partial charge in [-0.3, -0.25) is 5.32 Å². The normalized spacial score (nSPS) is 15.1. The van der Waals surface area contributed by atoms with Crippen molar-refractivity contribution in [3.05, 3.63) is 39.1 Å². The molecule has 0 saturated heterocycles. The first kappa shape index (κ1) is 17.3. The van der Waals surface area contributed by atoms with Crippen molar-refractivity contribution >= 4 is 39.2 Å². The Labute approximate surface area is 154 Å². The number of nitrogens with one attached hydrogen (secondary N) is 2. The summed E-state index contributed by atoms with van der Waals surface area (Å²) in [6, 6.07) is 2.96. The zero-order chi connectivity index (χ0) is 19.0. The summed E-state index contributed by atoms with van der Waals surface area (Å²) in [7, 11) is 0. The molecule has 0 fully saturated rings. The Morgan fingerprint density at radius 2 is 2.04 bits per heavy atom. The van der Waals surface area contributed by atoms with Crippen LogP contribution in [0.4, 0.5) is 21.7 Å². The molecule has 3 rings (SSSR count). The number of fused-ring (bicyclic) bond motifs is 1. The van der Waals surface area contributed by atoms with Crippen LogP contribution in [0.5, 0.6) is 5.75 Å². The summed E-state index contributed by atoms with van der Waals surface area (Å²) in [5.41, 5.74) is 12.3. The average molecular weight is 417 g/mol. The summed E-state index contributed by atoms with van der Waals surface area (Å²) >= 11 is 3.19. The number of aromatic hydroxyl groups is 1. The number of hydrogen-bond acceptors (Lipinski definition) is 9. The lowest BCUT2D eigenvalue weighted by molar-refractivity contribution is 0.458. The van der Waals surface area contributed by atoms with E-state index in [0.29, 0.717) is 0 Å². The molecule has 2 aromatic rings. The third-order valence-corrected chi connectivity index (χ3v) is 4.36. The van der Waals surface area contributed by atoms with Gasteiger partial charge in [0, 0.05) is 21.7 Å². The minimum absolute atomic E-state index is 0.0166. The lowest BCUT2D eigenvalue weighted by Gasteiger charge is -2.27. The van der Waals surface area contributed by atoms with Crippen LogP contribution in [0.25, 0.3) is 0 Å². The summed E-state index contributed by atoms with van der Waals surface area (Å²) < 4.78 is 13.8. The summed E-state index contributed by atoms with van der Waals surface area (Å²) in [5.74, 6) is -0.961. The highest BCUT2D eigenvalue weighted by molar-refractivity contribution is 9.10. The molecule has 26 heavy (non-hydrogen) atoms. The summed E-state index contributed by atoms with van der Waals surface area (Å²) in [4.78, 5) is 8.38. The lowest BCUT2D eigenvalue weighted by atomic mass is 9.94. The number of phenolic OH excluding ortho intramolecular Hbond substituents is 1. The molecule has 11 heteroatoms. The van der Waals surface area contributed by atoms with Crippen LogP contribution in [0.1, 0.15) is 22.7 Å². The van der Waals surface area contributed by atoms with E-state index in [0.717, 1.165) is 12.1 Å². The third kappa shape index (κ3) is 2.70. The maximum atomic E-state index is 13.5. The van der Waals surface area contributed by atoms with Crippen molar-refractivity contribution in [3.63, 3.8) is 0 Å². The topological polar surface area (TPSA) is 169 Å². The van der Waals surface area contributed by atoms with Crippen LogP contribution in [-0.4, -0.2) is 16.1 Å². The first-order valence-corrected chi connectivity index (χ1v) is 7.83. The van der Waals surface area contributed by atoms with Gasteiger partial charge in [0.1, 0.15) is 40.9 Å². The molecule has 2 heterocycles. The van der Waals surface area contributed by atoms with Crippen molar-refractivity contribution in [1.82, 2.24) is 10.3 Å². The van der Waals surface area contributed by atoms with Crippen molar-refractivity contribution in [2.24, 2.45) is 4.99 Å². The minimum Gasteiger partial charge on any atom is -0.507 e. The molecule has 130 valence electrons. The van der Waals surface area contributed by atoms with Gasteiger partial charge in [-0.05, 0) is 6.07 Å². The number of rotatable bonds is 1. The van der Waals surface area contributed by atoms with E-state index in [9.17, 15) is 14.8 Å². The maximum absolute atomic E-state index is 13.5. The molecule has 1 aliphatic heterocycles. The van der Waals surface area contributed by atoms with E-state index in [1.54, 1.807) is 6.19 Å².